The molecule has 0 saturated heterocycles. The summed E-state index contributed by atoms with van der Waals surface area (Å²) in [6.07, 6.45) is 2.35. The van der Waals surface area contributed by atoms with Crippen molar-refractivity contribution in [3.05, 3.63) is 41.5 Å². The quantitative estimate of drug-likeness (QED) is 0.764. The molecule has 1 aliphatic carbocycles. The lowest BCUT2D eigenvalue weighted by Crippen LogP contribution is -2.33. The van der Waals surface area contributed by atoms with E-state index in [2.05, 4.69) is 27.0 Å². The molecule has 1 aromatic carbocycles. The minimum absolute atomic E-state index is 0.0690. The molecule has 5 nitrogen and oxygen atoms in total. The lowest BCUT2D eigenvalue weighted by molar-refractivity contribution is -0.120. The van der Waals surface area contributed by atoms with Crippen LogP contribution in [0, 0.1) is 5.82 Å². The first-order valence-corrected chi connectivity index (χ1v) is 9.53. The summed E-state index contributed by atoms with van der Waals surface area (Å²) in [6.45, 7) is 6.63. The maximum absolute atomic E-state index is 13.0. The predicted octanol–water partition coefficient (Wildman–Crippen LogP) is 3.67. The molecule has 7 heteroatoms. The van der Waals surface area contributed by atoms with Gasteiger partial charge in [-0.3, -0.25) is 4.79 Å². The molecular formula is C18H23FN4OS. The minimum atomic E-state index is -0.288. The fourth-order valence-electron chi connectivity index (χ4n) is 2.71. The van der Waals surface area contributed by atoms with Gasteiger partial charge in [-0.2, -0.15) is 0 Å². The van der Waals surface area contributed by atoms with E-state index in [0.29, 0.717) is 5.92 Å². The van der Waals surface area contributed by atoms with Crippen molar-refractivity contribution in [2.24, 2.45) is 0 Å². The molecule has 1 N–H and O–H groups in total. The van der Waals surface area contributed by atoms with Gasteiger partial charge in [-0.15, -0.1) is 10.2 Å². The van der Waals surface area contributed by atoms with Gasteiger partial charge in [0.15, 0.2) is 5.16 Å². The molecule has 0 unspecified atom stereocenters. The van der Waals surface area contributed by atoms with E-state index in [1.54, 1.807) is 12.1 Å². The van der Waals surface area contributed by atoms with Crippen LogP contribution in [-0.4, -0.2) is 25.9 Å². The number of nitrogens with one attached hydrogen (secondary N) is 1. The molecule has 0 spiro atoms. The predicted molar refractivity (Wildman–Crippen MR) is 95.9 cm³/mol. The summed E-state index contributed by atoms with van der Waals surface area (Å²) in [5.41, 5.74) is 0.875. The summed E-state index contributed by atoms with van der Waals surface area (Å²) in [6, 6.07) is 6.00. The van der Waals surface area contributed by atoms with Crippen molar-refractivity contribution in [1.82, 2.24) is 20.1 Å². The molecule has 25 heavy (non-hydrogen) atoms. The molecule has 1 heterocycles. The Bertz CT molecular complexity index is 742. The summed E-state index contributed by atoms with van der Waals surface area (Å²) in [5, 5.41) is 12.1. The normalized spacial score (nSPS) is 16.5. The molecular weight excluding hydrogens is 339 g/mol. The lowest BCUT2D eigenvalue weighted by Gasteiger charge is -2.17. The van der Waals surface area contributed by atoms with Crippen molar-refractivity contribution in [1.29, 1.82) is 0 Å². The highest BCUT2D eigenvalue weighted by atomic mass is 32.2. The lowest BCUT2D eigenvalue weighted by atomic mass is 10.1. The Labute approximate surface area is 151 Å². The second-order valence-corrected chi connectivity index (χ2v) is 7.71. The number of hydrogen-bond donors (Lipinski definition) is 1. The van der Waals surface area contributed by atoms with Gasteiger partial charge >= 0.3 is 0 Å². The van der Waals surface area contributed by atoms with E-state index in [4.69, 9.17) is 0 Å². The molecule has 134 valence electrons. The summed E-state index contributed by atoms with van der Waals surface area (Å²) in [5.74, 6) is 1.22. The monoisotopic (exact) mass is 362 g/mol. The van der Waals surface area contributed by atoms with Gasteiger partial charge in [0.2, 0.25) is 5.91 Å². The number of thioether (sulfide) groups is 1. The third-order valence-electron chi connectivity index (χ3n) is 4.38. The Hall–Kier alpha value is -1.89. The first kappa shape index (κ1) is 17.9. The largest absolute Gasteiger partial charge is 0.349 e. The summed E-state index contributed by atoms with van der Waals surface area (Å²) >= 11 is 1.43. The molecule has 0 bridgehead atoms. The Balaban J connectivity index is 1.61. The van der Waals surface area contributed by atoms with E-state index >= 15 is 0 Å². The Morgan fingerprint density at radius 1 is 1.32 bits per heavy atom. The van der Waals surface area contributed by atoms with Gasteiger partial charge < -0.3 is 9.88 Å². The van der Waals surface area contributed by atoms with Gasteiger partial charge in [0.25, 0.3) is 0 Å². The molecule has 1 saturated carbocycles. The summed E-state index contributed by atoms with van der Waals surface area (Å²) in [7, 11) is 0. The molecule has 2 atom stereocenters. The van der Waals surface area contributed by atoms with Crippen molar-refractivity contribution in [2.45, 2.75) is 62.5 Å². The minimum Gasteiger partial charge on any atom is -0.349 e. The Kier molecular flexibility index (Phi) is 5.42. The zero-order valence-electron chi connectivity index (χ0n) is 14.7. The van der Waals surface area contributed by atoms with Gasteiger partial charge in [0.05, 0.1) is 11.3 Å². The number of carbonyl (C=O) groups is 1. The Morgan fingerprint density at radius 3 is 2.60 bits per heavy atom. The van der Waals surface area contributed by atoms with Gasteiger partial charge in [0, 0.05) is 12.5 Å². The van der Waals surface area contributed by atoms with Gasteiger partial charge in [-0.05, 0) is 51.3 Å². The number of amides is 1. The molecule has 2 aromatic rings. The average Bonchev–Trinajstić information content (AvgIpc) is 3.36. The third kappa shape index (κ3) is 4.21. The van der Waals surface area contributed by atoms with Crippen LogP contribution in [0.4, 0.5) is 4.39 Å². The standard InChI is InChI=1S/C18H23FN4OS/c1-4-23-16(14-5-6-14)21-22-18(23)25-12(3)17(24)20-11(2)13-7-9-15(19)10-8-13/h7-12,14H,4-6H2,1-3H3,(H,20,24)/t11-,12+/m1/s1. The number of nitrogens with zero attached hydrogens (tertiary/aromatic N) is 3. The van der Waals surface area contributed by atoms with Crippen molar-refractivity contribution in [2.75, 3.05) is 0 Å². The van der Waals surface area contributed by atoms with Crippen LogP contribution in [0.3, 0.4) is 0 Å². The van der Waals surface area contributed by atoms with E-state index in [9.17, 15) is 9.18 Å². The van der Waals surface area contributed by atoms with Gasteiger partial charge in [-0.1, -0.05) is 23.9 Å². The highest BCUT2D eigenvalue weighted by Gasteiger charge is 2.30. The second-order valence-electron chi connectivity index (χ2n) is 6.40. The fourth-order valence-corrected chi connectivity index (χ4v) is 3.63. The van der Waals surface area contributed by atoms with Crippen LogP contribution in [0.2, 0.25) is 0 Å². The summed E-state index contributed by atoms with van der Waals surface area (Å²) in [4.78, 5) is 12.5. The van der Waals surface area contributed by atoms with Crippen LogP contribution < -0.4 is 5.32 Å². The van der Waals surface area contributed by atoms with Gasteiger partial charge in [0.1, 0.15) is 11.6 Å². The first-order chi connectivity index (χ1) is 12.0. The second kappa shape index (κ2) is 7.56. The molecule has 0 radical (unpaired) electrons. The maximum atomic E-state index is 13.0. The molecule has 1 aliphatic rings. The van der Waals surface area contributed by atoms with Crippen LogP contribution in [-0.2, 0) is 11.3 Å². The molecule has 1 aromatic heterocycles. The van der Waals surface area contributed by atoms with E-state index in [1.165, 1.54) is 36.7 Å². The number of benzene rings is 1. The van der Waals surface area contributed by atoms with Crippen LogP contribution >= 0.6 is 11.8 Å². The Morgan fingerprint density at radius 2 is 2.00 bits per heavy atom. The number of rotatable bonds is 7. The van der Waals surface area contributed by atoms with E-state index in [0.717, 1.165) is 23.1 Å². The maximum Gasteiger partial charge on any atom is 0.233 e. The third-order valence-corrected chi connectivity index (χ3v) is 5.46. The van der Waals surface area contributed by atoms with E-state index < -0.39 is 0 Å². The van der Waals surface area contributed by atoms with Crippen molar-refractivity contribution in [3.63, 3.8) is 0 Å². The average molecular weight is 362 g/mol. The van der Waals surface area contributed by atoms with Gasteiger partial charge in [-0.25, -0.2) is 4.39 Å². The number of aromatic nitrogens is 3. The number of carbonyl (C=O) groups excluding carboxylic acids is 1. The van der Waals surface area contributed by atoms with E-state index in [-0.39, 0.29) is 23.0 Å². The summed E-state index contributed by atoms with van der Waals surface area (Å²) < 4.78 is 15.1. The van der Waals surface area contributed by atoms with E-state index in [1.807, 2.05) is 13.8 Å². The van der Waals surface area contributed by atoms with Crippen molar-refractivity contribution in [3.8, 4) is 0 Å². The molecule has 0 aliphatic heterocycles. The van der Waals surface area contributed by atoms with Crippen LogP contribution in [0.1, 0.15) is 57.0 Å². The van der Waals surface area contributed by atoms with Crippen LogP contribution in [0.15, 0.2) is 29.4 Å². The highest BCUT2D eigenvalue weighted by Crippen LogP contribution is 2.40. The van der Waals surface area contributed by atoms with Crippen LogP contribution in [0.5, 0.6) is 0 Å². The molecule has 1 fully saturated rings. The fraction of sp³-hybridized carbons (Fsp3) is 0.500. The van der Waals surface area contributed by atoms with Crippen LogP contribution in [0.25, 0.3) is 0 Å². The van der Waals surface area contributed by atoms with Crippen molar-refractivity contribution >= 4 is 17.7 Å². The smallest absolute Gasteiger partial charge is 0.233 e. The van der Waals surface area contributed by atoms with Crippen molar-refractivity contribution < 1.29 is 9.18 Å². The zero-order valence-corrected chi connectivity index (χ0v) is 15.5. The number of hydrogen-bond acceptors (Lipinski definition) is 4. The topological polar surface area (TPSA) is 59.8 Å². The zero-order chi connectivity index (χ0) is 18.0. The SMILES string of the molecule is CCn1c(S[C@@H](C)C(=O)N[C@H](C)c2ccc(F)cc2)nnc1C1CC1. The first-order valence-electron chi connectivity index (χ1n) is 8.65. The highest BCUT2D eigenvalue weighted by molar-refractivity contribution is 8.00. The molecule has 3 rings (SSSR count). The molecule has 1 amide bonds. The number of halogens is 1.